The van der Waals surface area contributed by atoms with Crippen molar-refractivity contribution in [1.29, 1.82) is 0 Å². The van der Waals surface area contributed by atoms with Crippen molar-refractivity contribution in [2.24, 2.45) is 0 Å². The predicted octanol–water partition coefficient (Wildman–Crippen LogP) is 0.307. The molecule has 5 N–H and O–H groups in total. The van der Waals surface area contributed by atoms with E-state index >= 15 is 0 Å². The number of hydrogen-bond acceptors (Lipinski definition) is 8. The van der Waals surface area contributed by atoms with Gasteiger partial charge in [-0.15, -0.1) is 0 Å². The smallest absolute Gasteiger partial charge is 0.333 e. The van der Waals surface area contributed by atoms with Crippen molar-refractivity contribution in [2.75, 3.05) is 6.61 Å². The van der Waals surface area contributed by atoms with Crippen LogP contribution in [-0.2, 0) is 19.1 Å². The van der Waals surface area contributed by atoms with Crippen LogP contribution >= 0.6 is 0 Å². The predicted molar refractivity (Wildman–Crippen MR) is 111 cm³/mol. The van der Waals surface area contributed by atoms with Crippen molar-refractivity contribution in [1.82, 2.24) is 0 Å². The molecule has 1 saturated heterocycles. The molecule has 9 heteroatoms. The Morgan fingerprint density at radius 3 is 1.61 bits per heavy atom. The quantitative estimate of drug-likeness (QED) is 0.186. The molecule has 1 rings (SSSR count). The fourth-order valence-electron chi connectivity index (χ4n) is 2.23. The zero-order valence-corrected chi connectivity index (χ0v) is 16.5. The second-order valence-corrected chi connectivity index (χ2v) is 6.12. The van der Waals surface area contributed by atoms with E-state index in [-0.39, 0.29) is 0 Å². The Hall–Kier alpha value is -3.08. The Labute approximate surface area is 179 Å². The summed E-state index contributed by atoms with van der Waals surface area (Å²) in [4.78, 5) is 22.0. The van der Waals surface area contributed by atoms with Gasteiger partial charge in [-0.2, -0.15) is 0 Å². The molecule has 0 aromatic rings. The highest BCUT2D eigenvalue weighted by Crippen LogP contribution is 2.22. The highest BCUT2D eigenvalue weighted by molar-refractivity contribution is 5.82. The minimum absolute atomic E-state index is 0.616. The van der Waals surface area contributed by atoms with Crippen LogP contribution in [0.5, 0.6) is 0 Å². The number of aliphatic carboxylic acids is 1. The Balaban J connectivity index is 2.36. The summed E-state index contributed by atoms with van der Waals surface area (Å²) in [6.45, 7) is -0.616. The van der Waals surface area contributed by atoms with E-state index in [1.165, 1.54) is 12.2 Å². The summed E-state index contributed by atoms with van der Waals surface area (Å²) < 4.78 is 9.95. The molecule has 0 aromatic carbocycles. The normalized spacial score (nSPS) is 27.8. The lowest BCUT2D eigenvalue weighted by molar-refractivity contribution is -0.291. The van der Waals surface area contributed by atoms with Gasteiger partial charge in [-0.25, -0.2) is 9.59 Å². The van der Waals surface area contributed by atoms with Crippen molar-refractivity contribution < 1.29 is 44.6 Å². The second-order valence-electron chi connectivity index (χ2n) is 6.12. The Kier molecular flexibility index (Phi) is 12.4. The Morgan fingerprint density at radius 2 is 1.16 bits per heavy atom. The van der Waals surface area contributed by atoms with Gasteiger partial charge in [0, 0.05) is 12.2 Å². The molecule has 0 saturated carbocycles. The monoisotopic (exact) mass is 434 g/mol. The van der Waals surface area contributed by atoms with E-state index in [0.29, 0.717) is 0 Å². The minimum Gasteiger partial charge on any atom is -0.478 e. The van der Waals surface area contributed by atoms with Crippen molar-refractivity contribution in [3.8, 4) is 0 Å². The van der Waals surface area contributed by atoms with Gasteiger partial charge in [0.2, 0.25) is 6.29 Å². The number of aliphatic hydroxyl groups is 4. The standard InChI is InChI=1S/C22H26O9/c23-15-16-19(27)20(28)21(29)22(30-16)31-18(26)14-12-10-8-6-4-2-1-3-5-7-9-11-13-17(24)25/h1-14,16,19-23,27-29H,15H2,(H,24,25)/b2-1+,5-3+,6-4+,9-7+,10-8+,13-11+,14-12+/t16-,19-,20+,21-,22+/m1/s1. The van der Waals surface area contributed by atoms with E-state index in [0.717, 1.165) is 12.2 Å². The zero-order valence-electron chi connectivity index (χ0n) is 16.5. The van der Waals surface area contributed by atoms with Gasteiger partial charge in [-0.1, -0.05) is 72.9 Å². The third-order valence-corrected chi connectivity index (χ3v) is 3.77. The van der Waals surface area contributed by atoms with Crippen LogP contribution in [-0.4, -0.2) is 74.8 Å². The summed E-state index contributed by atoms with van der Waals surface area (Å²) in [5.74, 6) is -1.85. The second kappa shape index (κ2) is 14.8. The molecular weight excluding hydrogens is 408 g/mol. The Bertz CT molecular complexity index is 772. The molecule has 0 radical (unpaired) electrons. The summed E-state index contributed by atoms with van der Waals surface area (Å²) >= 11 is 0. The molecule has 31 heavy (non-hydrogen) atoms. The van der Waals surface area contributed by atoms with Gasteiger partial charge < -0.3 is 35.0 Å². The molecule has 1 aliphatic heterocycles. The van der Waals surface area contributed by atoms with Gasteiger partial charge >= 0.3 is 11.9 Å². The lowest BCUT2D eigenvalue weighted by Crippen LogP contribution is -2.59. The number of rotatable bonds is 10. The van der Waals surface area contributed by atoms with Crippen LogP contribution in [0.3, 0.4) is 0 Å². The van der Waals surface area contributed by atoms with Crippen LogP contribution in [0.25, 0.3) is 0 Å². The van der Waals surface area contributed by atoms with E-state index in [1.54, 1.807) is 60.8 Å². The maximum atomic E-state index is 11.8. The molecule has 0 aliphatic carbocycles. The molecule has 0 amide bonds. The van der Waals surface area contributed by atoms with E-state index in [9.17, 15) is 24.9 Å². The topological polar surface area (TPSA) is 154 Å². The summed E-state index contributed by atoms with van der Waals surface area (Å²) in [6.07, 6.45) is 14.4. The number of hydrogen-bond donors (Lipinski definition) is 5. The molecule has 1 aliphatic rings. The average molecular weight is 434 g/mol. The van der Waals surface area contributed by atoms with Crippen molar-refractivity contribution in [2.45, 2.75) is 30.7 Å². The fraction of sp³-hybridized carbons (Fsp3) is 0.273. The van der Waals surface area contributed by atoms with Crippen LogP contribution in [0.1, 0.15) is 0 Å². The third-order valence-electron chi connectivity index (χ3n) is 3.77. The Morgan fingerprint density at radius 1 is 0.710 bits per heavy atom. The highest BCUT2D eigenvalue weighted by Gasteiger charge is 2.45. The minimum atomic E-state index is -1.65. The molecule has 168 valence electrons. The zero-order chi connectivity index (χ0) is 23.1. The summed E-state index contributed by atoms with van der Waals surface area (Å²) in [5.41, 5.74) is 0. The molecule has 1 heterocycles. The van der Waals surface area contributed by atoms with E-state index in [2.05, 4.69) is 0 Å². The van der Waals surface area contributed by atoms with Crippen LogP contribution in [0.15, 0.2) is 85.1 Å². The number of carbonyl (C=O) groups excluding carboxylic acids is 1. The first-order valence-electron chi connectivity index (χ1n) is 9.29. The summed E-state index contributed by atoms with van der Waals surface area (Å²) in [5, 5.41) is 46.6. The first-order valence-corrected chi connectivity index (χ1v) is 9.29. The van der Waals surface area contributed by atoms with E-state index < -0.39 is 49.3 Å². The van der Waals surface area contributed by atoms with Crippen molar-refractivity contribution >= 4 is 11.9 Å². The average Bonchev–Trinajstić information content (AvgIpc) is 2.74. The molecule has 0 bridgehead atoms. The summed E-state index contributed by atoms with van der Waals surface area (Å²) in [7, 11) is 0. The SMILES string of the molecule is O=C(O)/C=C/C=C/C=C/C=C/C=C/C=C/C=C/C(=O)O[C@@H]1O[C@H](CO)[C@@H](O)[C@H](O)[C@H]1O. The van der Waals surface area contributed by atoms with Gasteiger partial charge in [0.15, 0.2) is 0 Å². The maximum Gasteiger partial charge on any atom is 0.333 e. The molecule has 1 fully saturated rings. The van der Waals surface area contributed by atoms with Crippen LogP contribution in [0.2, 0.25) is 0 Å². The molecule has 9 nitrogen and oxygen atoms in total. The van der Waals surface area contributed by atoms with Crippen LogP contribution in [0, 0.1) is 0 Å². The molecule has 0 aromatic heterocycles. The number of carboxylic acids is 1. The first-order chi connectivity index (χ1) is 14.9. The van der Waals surface area contributed by atoms with Gasteiger partial charge in [0.05, 0.1) is 6.61 Å². The number of esters is 1. The molecule has 0 unspecified atom stereocenters. The number of ether oxygens (including phenoxy) is 2. The maximum absolute atomic E-state index is 11.8. The molecular formula is C22H26O9. The number of allylic oxidation sites excluding steroid dienone is 12. The number of carbonyl (C=O) groups is 2. The van der Waals surface area contributed by atoms with Crippen molar-refractivity contribution in [3.63, 3.8) is 0 Å². The molecule has 0 spiro atoms. The van der Waals surface area contributed by atoms with E-state index in [1.807, 2.05) is 0 Å². The van der Waals surface area contributed by atoms with E-state index in [4.69, 9.17) is 19.7 Å². The number of aliphatic hydroxyl groups excluding tert-OH is 4. The van der Waals surface area contributed by atoms with Gasteiger partial charge in [-0.05, 0) is 0 Å². The van der Waals surface area contributed by atoms with Gasteiger partial charge in [0.25, 0.3) is 0 Å². The van der Waals surface area contributed by atoms with Crippen molar-refractivity contribution in [3.05, 3.63) is 85.1 Å². The third kappa shape index (κ3) is 10.5. The number of carboxylic acid groups (broad SMARTS) is 1. The summed E-state index contributed by atoms with van der Waals surface area (Å²) in [6, 6.07) is 0. The van der Waals surface area contributed by atoms with Crippen LogP contribution < -0.4 is 0 Å². The van der Waals surface area contributed by atoms with Gasteiger partial charge in [0.1, 0.15) is 24.4 Å². The fourth-order valence-corrected chi connectivity index (χ4v) is 2.23. The van der Waals surface area contributed by atoms with Crippen LogP contribution in [0.4, 0.5) is 0 Å². The van der Waals surface area contributed by atoms with Gasteiger partial charge in [-0.3, -0.25) is 0 Å². The lowest BCUT2D eigenvalue weighted by atomic mass is 9.99. The lowest BCUT2D eigenvalue weighted by Gasteiger charge is -2.38. The molecule has 5 atom stereocenters. The highest BCUT2D eigenvalue weighted by atomic mass is 16.7. The first kappa shape index (κ1) is 26.0. The largest absolute Gasteiger partial charge is 0.478 e.